The predicted molar refractivity (Wildman–Crippen MR) is 134 cm³/mol. The smallest absolute Gasteiger partial charge is 0.201 e. The third-order valence-corrected chi connectivity index (χ3v) is 6.86. The van der Waals surface area contributed by atoms with E-state index in [1.807, 2.05) is 6.07 Å². The standard InChI is InChI=1S/C30H29F5O2/c1-3-36-25-15-13-21(27(32)29(25)34)11-9-20-10-12-22(17-24(20)31)18-5-7-19(8-6-18)23-14-16-26(37-4-2)30(35)28(23)33/h9-19H,3-8H2,1-2H3/b11-9+. The van der Waals surface area contributed by atoms with Gasteiger partial charge in [-0.2, -0.15) is 8.78 Å². The van der Waals surface area contributed by atoms with Crippen LogP contribution in [0.1, 0.15) is 73.6 Å². The van der Waals surface area contributed by atoms with Gasteiger partial charge >= 0.3 is 0 Å². The number of hydrogen-bond donors (Lipinski definition) is 0. The lowest BCUT2D eigenvalue weighted by molar-refractivity contribution is 0.310. The van der Waals surface area contributed by atoms with Crippen LogP contribution in [0.5, 0.6) is 11.5 Å². The van der Waals surface area contributed by atoms with Gasteiger partial charge in [0.1, 0.15) is 5.82 Å². The minimum absolute atomic E-state index is 0.0132. The van der Waals surface area contributed by atoms with E-state index < -0.39 is 29.1 Å². The van der Waals surface area contributed by atoms with E-state index in [4.69, 9.17) is 9.47 Å². The Hall–Kier alpha value is -3.35. The van der Waals surface area contributed by atoms with Gasteiger partial charge in [-0.15, -0.1) is 0 Å². The molecule has 0 unspecified atom stereocenters. The molecule has 0 heterocycles. The molecule has 0 aliphatic heterocycles. The van der Waals surface area contributed by atoms with Crippen LogP contribution in [-0.4, -0.2) is 13.2 Å². The Morgan fingerprint density at radius 3 is 1.81 bits per heavy atom. The van der Waals surface area contributed by atoms with Crippen molar-refractivity contribution in [3.05, 3.63) is 93.8 Å². The topological polar surface area (TPSA) is 18.5 Å². The summed E-state index contributed by atoms with van der Waals surface area (Å²) in [5, 5.41) is 0. The van der Waals surface area contributed by atoms with Gasteiger partial charge in [0.15, 0.2) is 23.1 Å². The minimum Gasteiger partial charge on any atom is -0.491 e. The molecular formula is C30H29F5O2. The molecule has 3 aromatic rings. The third-order valence-electron chi connectivity index (χ3n) is 6.86. The molecule has 4 rings (SSSR count). The predicted octanol–water partition coefficient (Wildman–Crippen LogP) is 8.79. The van der Waals surface area contributed by atoms with Gasteiger partial charge in [0.25, 0.3) is 0 Å². The van der Waals surface area contributed by atoms with Gasteiger partial charge in [0.05, 0.1) is 13.2 Å². The van der Waals surface area contributed by atoms with Crippen molar-refractivity contribution in [3.8, 4) is 11.5 Å². The van der Waals surface area contributed by atoms with Gasteiger partial charge in [0, 0.05) is 11.1 Å². The lowest BCUT2D eigenvalue weighted by Gasteiger charge is -2.29. The maximum atomic E-state index is 14.8. The lowest BCUT2D eigenvalue weighted by atomic mass is 9.76. The number of benzene rings is 3. The van der Waals surface area contributed by atoms with E-state index >= 15 is 0 Å². The van der Waals surface area contributed by atoms with Crippen molar-refractivity contribution < 1.29 is 31.4 Å². The summed E-state index contributed by atoms with van der Waals surface area (Å²) >= 11 is 0. The van der Waals surface area contributed by atoms with E-state index in [1.165, 1.54) is 36.4 Å². The van der Waals surface area contributed by atoms with Crippen molar-refractivity contribution in [1.29, 1.82) is 0 Å². The summed E-state index contributed by atoms with van der Waals surface area (Å²) in [6, 6.07) is 10.7. The van der Waals surface area contributed by atoms with Gasteiger partial charge in [-0.3, -0.25) is 0 Å². The maximum Gasteiger partial charge on any atom is 0.201 e. The number of halogens is 5. The first-order valence-electron chi connectivity index (χ1n) is 12.5. The molecule has 0 aromatic heterocycles. The molecular weight excluding hydrogens is 487 g/mol. The molecule has 0 atom stereocenters. The largest absolute Gasteiger partial charge is 0.491 e. The fourth-order valence-corrected chi connectivity index (χ4v) is 4.92. The van der Waals surface area contributed by atoms with Crippen LogP contribution in [0.3, 0.4) is 0 Å². The molecule has 2 nitrogen and oxygen atoms in total. The van der Waals surface area contributed by atoms with E-state index in [9.17, 15) is 22.0 Å². The Morgan fingerprint density at radius 2 is 1.19 bits per heavy atom. The minimum atomic E-state index is -1.08. The number of ether oxygens (including phenoxy) is 2. The molecule has 0 spiro atoms. The van der Waals surface area contributed by atoms with Gasteiger partial charge < -0.3 is 9.47 Å². The molecule has 0 saturated heterocycles. The Kier molecular flexibility index (Phi) is 8.52. The van der Waals surface area contributed by atoms with Crippen LogP contribution in [0.25, 0.3) is 12.2 Å². The molecule has 1 fully saturated rings. The molecule has 7 heteroatoms. The normalized spacial score (nSPS) is 17.8. The van der Waals surface area contributed by atoms with E-state index in [0.29, 0.717) is 31.2 Å². The average Bonchev–Trinajstić information content (AvgIpc) is 2.90. The highest BCUT2D eigenvalue weighted by Gasteiger charge is 2.27. The summed E-state index contributed by atoms with van der Waals surface area (Å²) in [6.07, 6.45) is 5.45. The summed E-state index contributed by atoms with van der Waals surface area (Å²) in [5.74, 6) is -4.70. The summed E-state index contributed by atoms with van der Waals surface area (Å²) in [5.41, 5.74) is 1.41. The zero-order chi connectivity index (χ0) is 26.5. The molecule has 0 radical (unpaired) electrons. The zero-order valence-corrected chi connectivity index (χ0v) is 20.8. The Labute approximate surface area is 213 Å². The highest BCUT2D eigenvalue weighted by molar-refractivity contribution is 5.70. The first-order chi connectivity index (χ1) is 17.8. The zero-order valence-electron chi connectivity index (χ0n) is 20.8. The molecule has 0 amide bonds. The van der Waals surface area contributed by atoms with Gasteiger partial charge in [-0.1, -0.05) is 30.4 Å². The summed E-state index contributed by atoms with van der Waals surface area (Å²) in [6.45, 7) is 3.85. The van der Waals surface area contributed by atoms with Crippen LogP contribution >= 0.6 is 0 Å². The summed E-state index contributed by atoms with van der Waals surface area (Å²) < 4.78 is 82.3. The monoisotopic (exact) mass is 516 g/mol. The van der Waals surface area contributed by atoms with Crippen molar-refractivity contribution in [2.24, 2.45) is 0 Å². The van der Waals surface area contributed by atoms with Crippen molar-refractivity contribution in [2.75, 3.05) is 13.2 Å². The fourth-order valence-electron chi connectivity index (χ4n) is 4.92. The highest BCUT2D eigenvalue weighted by atomic mass is 19.2. The third kappa shape index (κ3) is 5.81. The van der Waals surface area contributed by atoms with Crippen LogP contribution in [0.4, 0.5) is 22.0 Å². The molecule has 3 aromatic carbocycles. The second-order valence-electron chi connectivity index (χ2n) is 9.09. The van der Waals surface area contributed by atoms with Gasteiger partial charge in [-0.25, -0.2) is 13.2 Å². The fraction of sp³-hybridized carbons (Fsp3) is 0.333. The van der Waals surface area contributed by atoms with Crippen LogP contribution in [-0.2, 0) is 0 Å². The Morgan fingerprint density at radius 1 is 0.649 bits per heavy atom. The highest BCUT2D eigenvalue weighted by Crippen LogP contribution is 2.42. The van der Waals surface area contributed by atoms with Crippen molar-refractivity contribution >= 4 is 12.2 Å². The SMILES string of the molecule is CCOc1ccc(/C=C/c2ccc(C3CCC(c4ccc(OCC)c(F)c4F)CC3)cc2F)c(F)c1F. The second-order valence-corrected chi connectivity index (χ2v) is 9.09. The quantitative estimate of drug-likeness (QED) is 0.220. The van der Waals surface area contributed by atoms with Crippen LogP contribution in [0.15, 0.2) is 42.5 Å². The first kappa shape index (κ1) is 26.7. The Balaban J connectivity index is 1.42. The number of rotatable bonds is 8. The van der Waals surface area contributed by atoms with E-state index in [0.717, 1.165) is 5.56 Å². The Bertz CT molecular complexity index is 1280. The molecule has 0 bridgehead atoms. The molecule has 1 aliphatic rings. The lowest BCUT2D eigenvalue weighted by Crippen LogP contribution is -2.14. The average molecular weight is 517 g/mol. The van der Waals surface area contributed by atoms with E-state index in [1.54, 1.807) is 26.0 Å². The molecule has 196 valence electrons. The van der Waals surface area contributed by atoms with Crippen molar-refractivity contribution in [2.45, 2.75) is 51.4 Å². The van der Waals surface area contributed by atoms with E-state index in [2.05, 4.69) is 0 Å². The van der Waals surface area contributed by atoms with Crippen molar-refractivity contribution in [1.82, 2.24) is 0 Å². The van der Waals surface area contributed by atoms with Gasteiger partial charge in [0.2, 0.25) is 11.6 Å². The van der Waals surface area contributed by atoms with Crippen molar-refractivity contribution in [3.63, 3.8) is 0 Å². The molecule has 0 N–H and O–H groups in total. The van der Waals surface area contributed by atoms with Gasteiger partial charge in [-0.05, 0) is 86.8 Å². The molecule has 1 saturated carbocycles. The van der Waals surface area contributed by atoms with Crippen LogP contribution < -0.4 is 9.47 Å². The first-order valence-corrected chi connectivity index (χ1v) is 12.5. The number of hydrogen-bond acceptors (Lipinski definition) is 2. The van der Waals surface area contributed by atoms with Crippen LogP contribution in [0, 0.1) is 29.1 Å². The van der Waals surface area contributed by atoms with Crippen LogP contribution in [0.2, 0.25) is 0 Å². The van der Waals surface area contributed by atoms with E-state index in [-0.39, 0.29) is 47.7 Å². The maximum absolute atomic E-state index is 14.8. The summed E-state index contributed by atoms with van der Waals surface area (Å²) in [4.78, 5) is 0. The second kappa shape index (κ2) is 11.8. The summed E-state index contributed by atoms with van der Waals surface area (Å²) in [7, 11) is 0. The molecule has 37 heavy (non-hydrogen) atoms. The molecule has 1 aliphatic carbocycles.